The van der Waals surface area contributed by atoms with Gasteiger partial charge in [-0.2, -0.15) is 5.26 Å². The number of fused-ring (bicyclic) bond motifs is 2. The van der Waals surface area contributed by atoms with Crippen molar-refractivity contribution in [3.8, 4) is 11.1 Å². The highest BCUT2D eigenvalue weighted by Gasteiger charge is 2.35. The fourth-order valence-corrected chi connectivity index (χ4v) is 9.47. The molecule has 0 saturated heterocycles. The van der Waals surface area contributed by atoms with Gasteiger partial charge in [0.05, 0.1) is 34.0 Å². The van der Waals surface area contributed by atoms with Gasteiger partial charge in [0.15, 0.2) is 4.80 Å². The lowest BCUT2D eigenvalue weighted by Crippen LogP contribution is -2.40. The van der Waals surface area contributed by atoms with Crippen molar-refractivity contribution in [2.24, 2.45) is 4.99 Å². The predicted octanol–water partition coefficient (Wildman–Crippen LogP) is 7.28. The number of nitrogens with zero attached hydrogens (tertiary/aromatic N) is 4. The smallest absolute Gasteiger partial charge is 0.338 e. The summed E-state index contributed by atoms with van der Waals surface area (Å²) in [7, 11) is 0. The molecule has 248 valence electrons. The SMILES string of the molecule is CCOC(=O)C1=C(c2ccccc2)N=c2s/c(=C/c3cc(C)n(-c4sc5c(c4C#N)CCCC5)c3C)c(=O)n2[C@@H]1c1ccc(C(C)C)cc1. The van der Waals surface area contributed by atoms with E-state index >= 15 is 0 Å². The molecule has 0 radical (unpaired) electrons. The zero-order valence-electron chi connectivity index (χ0n) is 28.4. The summed E-state index contributed by atoms with van der Waals surface area (Å²) in [5.41, 5.74) is 8.25. The van der Waals surface area contributed by atoms with E-state index in [2.05, 4.69) is 42.7 Å². The Morgan fingerprint density at radius 2 is 1.82 bits per heavy atom. The fourth-order valence-electron chi connectivity index (χ4n) is 7.03. The standard InChI is InChI=1S/C40H38N4O3S2/c1-6-47-39(46)34-35(27-12-8-7-9-13-27)42-40-44(36(34)28-18-16-26(17-19-28)23(2)3)37(45)33(49-40)21-29-20-24(4)43(25(29)5)38-31(22-41)30-14-10-11-15-32(30)48-38/h7-9,12-13,16-21,23,36H,6,10-11,14-15H2,1-5H3/b33-21+/t36-/m1/s1. The van der Waals surface area contributed by atoms with Gasteiger partial charge in [0.1, 0.15) is 11.1 Å². The summed E-state index contributed by atoms with van der Waals surface area (Å²) in [4.78, 5) is 35.2. The number of hydrogen-bond acceptors (Lipinski definition) is 7. The molecule has 0 fully saturated rings. The molecule has 7 rings (SSSR count). The van der Waals surface area contributed by atoms with Crippen molar-refractivity contribution in [3.63, 3.8) is 0 Å². The summed E-state index contributed by atoms with van der Waals surface area (Å²) in [6.07, 6.45) is 6.15. The largest absolute Gasteiger partial charge is 0.463 e. The summed E-state index contributed by atoms with van der Waals surface area (Å²) in [6.45, 7) is 10.3. The van der Waals surface area contributed by atoms with Gasteiger partial charge >= 0.3 is 5.97 Å². The van der Waals surface area contributed by atoms with Gasteiger partial charge < -0.3 is 9.30 Å². The maximum absolute atomic E-state index is 14.5. The normalized spacial score (nSPS) is 15.9. The van der Waals surface area contributed by atoms with Crippen molar-refractivity contribution in [3.05, 3.63) is 136 Å². The minimum atomic E-state index is -0.725. The number of nitriles is 1. The highest BCUT2D eigenvalue weighted by Crippen LogP contribution is 2.39. The number of carbonyl (C=O) groups excluding carboxylic acids is 1. The molecule has 2 aromatic carbocycles. The lowest BCUT2D eigenvalue weighted by atomic mass is 9.91. The number of carbonyl (C=O) groups is 1. The highest BCUT2D eigenvalue weighted by molar-refractivity contribution is 7.15. The molecule has 5 aromatic rings. The van der Waals surface area contributed by atoms with Crippen molar-refractivity contribution < 1.29 is 9.53 Å². The monoisotopic (exact) mass is 686 g/mol. The van der Waals surface area contributed by atoms with Crippen LogP contribution in [-0.2, 0) is 22.4 Å². The molecular formula is C40H38N4O3S2. The van der Waals surface area contributed by atoms with Crippen LogP contribution in [0.1, 0.15) is 95.2 Å². The van der Waals surface area contributed by atoms with E-state index in [4.69, 9.17) is 9.73 Å². The number of aromatic nitrogens is 2. The number of ether oxygens (including phenoxy) is 1. The molecule has 0 unspecified atom stereocenters. The quantitative estimate of drug-likeness (QED) is 0.168. The Morgan fingerprint density at radius 3 is 2.51 bits per heavy atom. The first kappa shape index (κ1) is 32.8. The van der Waals surface area contributed by atoms with Gasteiger partial charge in [0, 0.05) is 21.8 Å². The predicted molar refractivity (Wildman–Crippen MR) is 196 cm³/mol. The topological polar surface area (TPSA) is 89.4 Å². The van der Waals surface area contributed by atoms with E-state index in [1.54, 1.807) is 22.8 Å². The molecule has 3 aromatic heterocycles. The molecule has 1 aliphatic carbocycles. The van der Waals surface area contributed by atoms with Crippen LogP contribution in [0.5, 0.6) is 0 Å². The number of benzene rings is 2. The average Bonchev–Trinajstić information content (AvgIpc) is 3.73. The molecule has 1 aliphatic heterocycles. The van der Waals surface area contributed by atoms with Crippen LogP contribution in [0.4, 0.5) is 0 Å². The summed E-state index contributed by atoms with van der Waals surface area (Å²) in [6, 6.07) is 21.6. The van der Waals surface area contributed by atoms with E-state index in [1.165, 1.54) is 27.3 Å². The molecule has 0 N–H and O–H groups in total. The number of rotatable bonds is 7. The molecular weight excluding hydrogens is 649 g/mol. The van der Waals surface area contributed by atoms with Crippen LogP contribution in [-0.4, -0.2) is 21.7 Å². The summed E-state index contributed by atoms with van der Waals surface area (Å²) >= 11 is 3.04. The second kappa shape index (κ2) is 13.3. The number of esters is 1. The molecule has 0 spiro atoms. The molecule has 7 nitrogen and oxygen atoms in total. The van der Waals surface area contributed by atoms with Crippen LogP contribution >= 0.6 is 22.7 Å². The molecule has 0 bridgehead atoms. The maximum atomic E-state index is 14.5. The van der Waals surface area contributed by atoms with E-state index in [1.807, 2.05) is 62.4 Å². The van der Waals surface area contributed by atoms with Crippen LogP contribution < -0.4 is 14.9 Å². The summed E-state index contributed by atoms with van der Waals surface area (Å²) in [5.74, 6) is -0.160. The minimum absolute atomic E-state index is 0.199. The van der Waals surface area contributed by atoms with E-state index < -0.39 is 12.0 Å². The van der Waals surface area contributed by atoms with Gasteiger partial charge in [-0.1, -0.05) is 79.8 Å². The minimum Gasteiger partial charge on any atom is -0.463 e. The zero-order valence-corrected chi connectivity index (χ0v) is 30.0. The Kier molecular flexibility index (Phi) is 8.86. The first-order chi connectivity index (χ1) is 23.7. The van der Waals surface area contributed by atoms with Crippen LogP contribution in [0.2, 0.25) is 0 Å². The summed E-state index contributed by atoms with van der Waals surface area (Å²) < 4.78 is 9.96. The van der Waals surface area contributed by atoms with Crippen LogP contribution in [0.15, 0.2) is 76.0 Å². The molecule has 49 heavy (non-hydrogen) atoms. The molecule has 0 amide bonds. The van der Waals surface area contributed by atoms with E-state index in [0.717, 1.165) is 64.3 Å². The Labute approximate surface area is 293 Å². The molecule has 2 aliphatic rings. The second-order valence-electron chi connectivity index (χ2n) is 12.9. The van der Waals surface area contributed by atoms with Crippen molar-refractivity contribution >= 4 is 40.4 Å². The second-order valence-corrected chi connectivity index (χ2v) is 15.0. The zero-order chi connectivity index (χ0) is 34.4. The number of thiazole rings is 1. The maximum Gasteiger partial charge on any atom is 0.338 e. The Bertz CT molecular complexity index is 2350. The van der Waals surface area contributed by atoms with Crippen molar-refractivity contribution in [2.45, 2.75) is 72.3 Å². The van der Waals surface area contributed by atoms with Crippen LogP contribution in [0, 0.1) is 25.2 Å². The third kappa shape index (κ3) is 5.73. The van der Waals surface area contributed by atoms with Crippen molar-refractivity contribution in [1.82, 2.24) is 9.13 Å². The average molecular weight is 687 g/mol. The summed E-state index contributed by atoms with van der Waals surface area (Å²) in [5, 5.41) is 11.1. The van der Waals surface area contributed by atoms with E-state index in [-0.39, 0.29) is 12.2 Å². The first-order valence-corrected chi connectivity index (χ1v) is 18.5. The van der Waals surface area contributed by atoms with Gasteiger partial charge in [-0.15, -0.1) is 11.3 Å². The molecule has 9 heteroatoms. The van der Waals surface area contributed by atoms with E-state index in [0.29, 0.717) is 26.5 Å². The fraction of sp³-hybridized carbons (Fsp3) is 0.300. The van der Waals surface area contributed by atoms with Gasteiger partial charge in [0.25, 0.3) is 5.56 Å². The third-order valence-corrected chi connectivity index (χ3v) is 11.8. The number of hydrogen-bond donors (Lipinski definition) is 0. The van der Waals surface area contributed by atoms with Crippen molar-refractivity contribution in [2.75, 3.05) is 6.61 Å². The van der Waals surface area contributed by atoms with E-state index in [9.17, 15) is 14.9 Å². The Hall–Kier alpha value is -4.78. The van der Waals surface area contributed by atoms with Gasteiger partial charge in [-0.25, -0.2) is 9.79 Å². The highest BCUT2D eigenvalue weighted by atomic mass is 32.1. The molecule has 4 heterocycles. The third-order valence-electron chi connectivity index (χ3n) is 9.52. The Balaban J connectivity index is 1.44. The molecule has 0 saturated carbocycles. The lowest BCUT2D eigenvalue weighted by molar-refractivity contribution is -0.138. The van der Waals surface area contributed by atoms with Crippen LogP contribution in [0.25, 0.3) is 16.8 Å². The number of thiophene rings is 1. The molecule has 1 atom stereocenters. The first-order valence-electron chi connectivity index (χ1n) is 16.8. The van der Waals surface area contributed by atoms with Crippen LogP contribution in [0.3, 0.4) is 0 Å². The number of aryl methyl sites for hydroxylation is 2. The van der Waals surface area contributed by atoms with Gasteiger partial charge in [0.2, 0.25) is 0 Å². The van der Waals surface area contributed by atoms with Gasteiger partial charge in [-0.05, 0) is 86.8 Å². The Morgan fingerprint density at radius 1 is 1.08 bits per heavy atom. The van der Waals surface area contributed by atoms with Gasteiger partial charge in [-0.3, -0.25) is 9.36 Å². The lowest BCUT2D eigenvalue weighted by Gasteiger charge is -2.26. The van der Waals surface area contributed by atoms with Crippen molar-refractivity contribution in [1.29, 1.82) is 5.26 Å².